The van der Waals surface area contributed by atoms with Crippen molar-refractivity contribution in [2.75, 3.05) is 11.9 Å². The summed E-state index contributed by atoms with van der Waals surface area (Å²) in [5.41, 5.74) is 0. The van der Waals surface area contributed by atoms with Crippen molar-refractivity contribution in [3.8, 4) is 0 Å². The van der Waals surface area contributed by atoms with Crippen molar-refractivity contribution in [2.24, 2.45) is 11.8 Å². The van der Waals surface area contributed by atoms with Crippen molar-refractivity contribution < 1.29 is 0 Å². The zero-order chi connectivity index (χ0) is 9.97. The highest BCUT2D eigenvalue weighted by molar-refractivity contribution is 6.99. The molecule has 1 aliphatic rings. The Morgan fingerprint density at radius 1 is 1.50 bits per heavy atom. The van der Waals surface area contributed by atoms with Gasteiger partial charge in [-0.3, -0.25) is 0 Å². The van der Waals surface area contributed by atoms with Crippen LogP contribution in [0.2, 0.25) is 5.15 Å². The highest BCUT2D eigenvalue weighted by atomic mass is 35.5. The Balaban J connectivity index is 1.85. The lowest BCUT2D eigenvalue weighted by atomic mass is 9.98. The molecule has 0 radical (unpaired) electrons. The third-order valence-electron chi connectivity index (χ3n) is 3.02. The molecular formula is C9H14ClN3S. The van der Waals surface area contributed by atoms with Crippen LogP contribution in [0.1, 0.15) is 26.2 Å². The fraction of sp³-hybridized carbons (Fsp3) is 0.778. The van der Waals surface area contributed by atoms with Crippen LogP contribution < -0.4 is 5.32 Å². The molecule has 0 aromatic carbocycles. The van der Waals surface area contributed by atoms with E-state index in [-0.39, 0.29) is 0 Å². The van der Waals surface area contributed by atoms with E-state index in [1.807, 2.05) is 0 Å². The van der Waals surface area contributed by atoms with Gasteiger partial charge in [-0.1, -0.05) is 31.4 Å². The Morgan fingerprint density at radius 2 is 2.36 bits per heavy atom. The second-order valence-corrected chi connectivity index (χ2v) is 4.84. The third kappa shape index (κ3) is 2.17. The molecule has 2 atom stereocenters. The first kappa shape index (κ1) is 10.2. The molecule has 1 aliphatic carbocycles. The molecule has 78 valence electrons. The minimum atomic E-state index is 0.501. The average Bonchev–Trinajstić information content (AvgIpc) is 2.72. The van der Waals surface area contributed by atoms with Crippen LogP contribution in [0.25, 0.3) is 0 Å². The number of hydrogen-bond acceptors (Lipinski definition) is 4. The molecule has 1 aromatic rings. The van der Waals surface area contributed by atoms with E-state index in [1.54, 1.807) is 0 Å². The fourth-order valence-corrected chi connectivity index (χ4v) is 2.72. The predicted octanol–water partition coefficient (Wildman–Crippen LogP) is 3.04. The van der Waals surface area contributed by atoms with E-state index in [0.29, 0.717) is 5.15 Å². The van der Waals surface area contributed by atoms with Crippen molar-refractivity contribution in [3.63, 3.8) is 0 Å². The van der Waals surface area contributed by atoms with E-state index in [2.05, 4.69) is 21.0 Å². The SMILES string of the molecule is CC1CCCC1CNc1nsnc1Cl. The number of anilines is 1. The number of nitrogens with zero attached hydrogens (tertiary/aromatic N) is 2. The largest absolute Gasteiger partial charge is 0.366 e. The van der Waals surface area contributed by atoms with Crippen LogP contribution in [0.15, 0.2) is 0 Å². The summed E-state index contributed by atoms with van der Waals surface area (Å²) in [6.07, 6.45) is 4.04. The van der Waals surface area contributed by atoms with Crippen LogP contribution >= 0.6 is 23.3 Å². The summed E-state index contributed by atoms with van der Waals surface area (Å²) >= 11 is 6.99. The zero-order valence-corrected chi connectivity index (χ0v) is 9.74. The molecule has 1 heterocycles. The Kier molecular flexibility index (Phi) is 3.23. The van der Waals surface area contributed by atoms with Gasteiger partial charge in [-0.2, -0.15) is 8.75 Å². The van der Waals surface area contributed by atoms with Crippen LogP contribution in [0, 0.1) is 11.8 Å². The van der Waals surface area contributed by atoms with Gasteiger partial charge in [0, 0.05) is 6.54 Å². The number of nitrogens with one attached hydrogen (secondary N) is 1. The molecule has 0 spiro atoms. The highest BCUT2D eigenvalue weighted by Gasteiger charge is 2.23. The predicted molar refractivity (Wildman–Crippen MR) is 59.9 cm³/mol. The first-order chi connectivity index (χ1) is 6.77. The normalized spacial score (nSPS) is 26.7. The molecule has 0 bridgehead atoms. The van der Waals surface area contributed by atoms with E-state index in [0.717, 1.165) is 35.9 Å². The van der Waals surface area contributed by atoms with E-state index in [9.17, 15) is 0 Å². The van der Waals surface area contributed by atoms with Gasteiger partial charge in [0.2, 0.25) is 0 Å². The van der Waals surface area contributed by atoms with Gasteiger partial charge in [0.1, 0.15) is 0 Å². The number of hydrogen-bond donors (Lipinski definition) is 1. The maximum absolute atomic E-state index is 5.84. The average molecular weight is 232 g/mol. The van der Waals surface area contributed by atoms with E-state index in [1.165, 1.54) is 19.3 Å². The molecule has 1 aromatic heterocycles. The van der Waals surface area contributed by atoms with Crippen molar-refractivity contribution in [1.82, 2.24) is 8.75 Å². The lowest BCUT2D eigenvalue weighted by Gasteiger charge is -2.15. The summed E-state index contributed by atoms with van der Waals surface area (Å²) in [5.74, 6) is 2.34. The molecule has 2 unspecified atom stereocenters. The van der Waals surface area contributed by atoms with Crippen molar-refractivity contribution in [1.29, 1.82) is 0 Å². The maximum Gasteiger partial charge on any atom is 0.186 e. The van der Waals surface area contributed by atoms with E-state index in [4.69, 9.17) is 11.6 Å². The minimum Gasteiger partial charge on any atom is -0.366 e. The molecule has 5 heteroatoms. The third-order valence-corrected chi connectivity index (χ3v) is 3.91. The quantitative estimate of drug-likeness (QED) is 0.869. The summed E-state index contributed by atoms with van der Waals surface area (Å²) in [5, 5.41) is 3.77. The van der Waals surface area contributed by atoms with Crippen LogP contribution in [0.5, 0.6) is 0 Å². The summed E-state index contributed by atoms with van der Waals surface area (Å²) < 4.78 is 8.00. The Hall–Kier alpha value is -0.350. The van der Waals surface area contributed by atoms with Crippen molar-refractivity contribution in [3.05, 3.63) is 5.15 Å². The van der Waals surface area contributed by atoms with Crippen molar-refractivity contribution >= 4 is 29.1 Å². The molecule has 2 rings (SSSR count). The zero-order valence-electron chi connectivity index (χ0n) is 8.16. The van der Waals surface area contributed by atoms with Gasteiger partial charge >= 0.3 is 0 Å². The number of aromatic nitrogens is 2. The van der Waals surface area contributed by atoms with E-state index >= 15 is 0 Å². The van der Waals surface area contributed by atoms with Gasteiger partial charge in [0.05, 0.1) is 11.7 Å². The Labute approximate surface area is 93.2 Å². The Morgan fingerprint density at radius 3 is 2.93 bits per heavy atom. The van der Waals surface area contributed by atoms with Crippen LogP contribution in [0.3, 0.4) is 0 Å². The standard InChI is InChI=1S/C9H14ClN3S/c1-6-3-2-4-7(6)5-11-9-8(10)12-14-13-9/h6-7H,2-5H2,1H3,(H,11,13). The molecule has 1 N–H and O–H groups in total. The highest BCUT2D eigenvalue weighted by Crippen LogP contribution is 2.31. The Bertz CT molecular complexity index is 302. The van der Waals surface area contributed by atoms with Gasteiger partial charge in [0.25, 0.3) is 0 Å². The first-order valence-electron chi connectivity index (χ1n) is 4.99. The fourth-order valence-electron chi connectivity index (χ4n) is 2.04. The second-order valence-electron chi connectivity index (χ2n) is 3.95. The smallest absolute Gasteiger partial charge is 0.186 e. The minimum absolute atomic E-state index is 0.501. The maximum atomic E-state index is 5.84. The van der Waals surface area contributed by atoms with Gasteiger partial charge in [-0.15, -0.1) is 0 Å². The molecule has 0 saturated heterocycles. The molecule has 14 heavy (non-hydrogen) atoms. The van der Waals surface area contributed by atoms with Gasteiger partial charge < -0.3 is 5.32 Å². The van der Waals surface area contributed by atoms with Crippen LogP contribution in [-0.2, 0) is 0 Å². The number of rotatable bonds is 3. The molecular weight excluding hydrogens is 218 g/mol. The molecule has 1 fully saturated rings. The summed E-state index contributed by atoms with van der Waals surface area (Å²) in [6, 6.07) is 0. The lowest BCUT2D eigenvalue weighted by molar-refractivity contribution is 0.439. The second kappa shape index (κ2) is 4.45. The molecule has 3 nitrogen and oxygen atoms in total. The summed E-state index contributed by atoms with van der Waals surface area (Å²) in [4.78, 5) is 0. The molecule has 0 aliphatic heterocycles. The number of halogens is 1. The van der Waals surface area contributed by atoms with E-state index < -0.39 is 0 Å². The molecule has 0 amide bonds. The monoisotopic (exact) mass is 231 g/mol. The van der Waals surface area contributed by atoms with Gasteiger partial charge in [-0.25, -0.2) is 0 Å². The topological polar surface area (TPSA) is 37.8 Å². The lowest BCUT2D eigenvalue weighted by Crippen LogP contribution is -2.16. The van der Waals surface area contributed by atoms with Crippen molar-refractivity contribution in [2.45, 2.75) is 26.2 Å². The summed E-state index contributed by atoms with van der Waals surface area (Å²) in [7, 11) is 0. The summed E-state index contributed by atoms with van der Waals surface area (Å²) in [6.45, 7) is 3.30. The van der Waals surface area contributed by atoms with Gasteiger partial charge in [-0.05, 0) is 18.3 Å². The first-order valence-corrected chi connectivity index (χ1v) is 6.10. The molecule has 1 saturated carbocycles. The van der Waals surface area contributed by atoms with Gasteiger partial charge in [0.15, 0.2) is 11.0 Å². The van der Waals surface area contributed by atoms with Crippen LogP contribution in [-0.4, -0.2) is 15.3 Å². The van der Waals surface area contributed by atoms with Crippen LogP contribution in [0.4, 0.5) is 5.82 Å².